The van der Waals surface area contributed by atoms with Crippen LogP contribution in [0.2, 0.25) is 0 Å². The molecule has 0 heterocycles. The molecule has 0 bridgehead atoms. The molecule has 0 amide bonds. The SMILES string of the molecule is CC(C)C(N)Cc1ccc(-c2cc(F)cc(F)c2)cc1. The van der Waals surface area contributed by atoms with Crippen LogP contribution in [0.25, 0.3) is 11.1 Å². The normalized spacial score (nSPS) is 12.7. The Labute approximate surface area is 118 Å². The average Bonchev–Trinajstić information content (AvgIpc) is 2.38. The summed E-state index contributed by atoms with van der Waals surface area (Å²) in [4.78, 5) is 0. The second kappa shape index (κ2) is 6.14. The van der Waals surface area contributed by atoms with E-state index in [0.717, 1.165) is 23.6 Å². The molecular formula is C17H19F2N. The molecule has 106 valence electrons. The zero-order valence-corrected chi connectivity index (χ0v) is 11.7. The van der Waals surface area contributed by atoms with Gasteiger partial charge in [-0.15, -0.1) is 0 Å². The van der Waals surface area contributed by atoms with Crippen molar-refractivity contribution in [1.29, 1.82) is 0 Å². The maximum Gasteiger partial charge on any atom is 0.126 e. The highest BCUT2D eigenvalue weighted by molar-refractivity contribution is 5.63. The maximum absolute atomic E-state index is 13.2. The van der Waals surface area contributed by atoms with E-state index in [0.29, 0.717) is 11.5 Å². The van der Waals surface area contributed by atoms with E-state index < -0.39 is 11.6 Å². The van der Waals surface area contributed by atoms with E-state index in [9.17, 15) is 8.78 Å². The van der Waals surface area contributed by atoms with Gasteiger partial charge in [0.05, 0.1) is 0 Å². The molecule has 0 fully saturated rings. The van der Waals surface area contributed by atoms with E-state index in [4.69, 9.17) is 5.73 Å². The second-order valence-corrected chi connectivity index (χ2v) is 5.47. The summed E-state index contributed by atoms with van der Waals surface area (Å²) in [6.45, 7) is 4.18. The van der Waals surface area contributed by atoms with Crippen molar-refractivity contribution in [2.45, 2.75) is 26.3 Å². The van der Waals surface area contributed by atoms with Gasteiger partial charge < -0.3 is 5.73 Å². The molecule has 20 heavy (non-hydrogen) atoms. The lowest BCUT2D eigenvalue weighted by Gasteiger charge is -2.15. The molecule has 0 radical (unpaired) electrons. The van der Waals surface area contributed by atoms with Crippen LogP contribution in [-0.4, -0.2) is 6.04 Å². The van der Waals surface area contributed by atoms with Gasteiger partial charge in [0.1, 0.15) is 11.6 Å². The van der Waals surface area contributed by atoms with E-state index >= 15 is 0 Å². The molecule has 2 rings (SSSR count). The van der Waals surface area contributed by atoms with Crippen LogP contribution in [0, 0.1) is 17.6 Å². The summed E-state index contributed by atoms with van der Waals surface area (Å²) >= 11 is 0. The van der Waals surface area contributed by atoms with Gasteiger partial charge in [0, 0.05) is 12.1 Å². The van der Waals surface area contributed by atoms with Crippen LogP contribution in [0.4, 0.5) is 8.78 Å². The van der Waals surface area contributed by atoms with Crippen LogP contribution in [0.3, 0.4) is 0 Å². The Balaban J connectivity index is 2.19. The number of hydrogen-bond acceptors (Lipinski definition) is 1. The third-order valence-corrected chi connectivity index (χ3v) is 3.48. The van der Waals surface area contributed by atoms with Crippen molar-refractivity contribution in [2.75, 3.05) is 0 Å². The predicted octanol–water partition coefficient (Wildman–Crippen LogP) is 4.16. The number of nitrogens with two attached hydrogens (primary N) is 1. The highest BCUT2D eigenvalue weighted by atomic mass is 19.1. The van der Waals surface area contributed by atoms with Crippen molar-refractivity contribution >= 4 is 0 Å². The van der Waals surface area contributed by atoms with E-state index in [1.807, 2.05) is 24.3 Å². The van der Waals surface area contributed by atoms with Crippen LogP contribution in [0.5, 0.6) is 0 Å². The summed E-state index contributed by atoms with van der Waals surface area (Å²) in [5, 5.41) is 0. The number of halogens is 2. The molecule has 0 aliphatic rings. The van der Waals surface area contributed by atoms with Crippen molar-refractivity contribution in [3.05, 3.63) is 59.7 Å². The lowest BCUT2D eigenvalue weighted by Crippen LogP contribution is -2.28. The van der Waals surface area contributed by atoms with Crippen LogP contribution >= 0.6 is 0 Å². The molecule has 0 saturated carbocycles. The van der Waals surface area contributed by atoms with Crippen molar-refractivity contribution in [1.82, 2.24) is 0 Å². The molecule has 0 saturated heterocycles. The third-order valence-electron chi connectivity index (χ3n) is 3.48. The average molecular weight is 275 g/mol. The predicted molar refractivity (Wildman–Crippen MR) is 78.3 cm³/mol. The zero-order chi connectivity index (χ0) is 14.7. The van der Waals surface area contributed by atoms with Gasteiger partial charge in [-0.05, 0) is 41.2 Å². The van der Waals surface area contributed by atoms with Crippen molar-refractivity contribution in [3.63, 3.8) is 0 Å². The molecule has 1 nitrogen and oxygen atoms in total. The fourth-order valence-electron chi connectivity index (χ4n) is 2.06. The molecule has 0 spiro atoms. The molecule has 3 heteroatoms. The van der Waals surface area contributed by atoms with Gasteiger partial charge >= 0.3 is 0 Å². The maximum atomic E-state index is 13.2. The number of benzene rings is 2. The number of rotatable bonds is 4. The fraction of sp³-hybridized carbons (Fsp3) is 0.294. The molecule has 0 aliphatic carbocycles. The summed E-state index contributed by atoms with van der Waals surface area (Å²) in [5.74, 6) is -0.705. The van der Waals surface area contributed by atoms with E-state index in [2.05, 4.69) is 13.8 Å². The molecule has 0 aliphatic heterocycles. The van der Waals surface area contributed by atoms with Crippen LogP contribution in [0.1, 0.15) is 19.4 Å². The third kappa shape index (κ3) is 3.64. The Morgan fingerprint density at radius 2 is 1.45 bits per heavy atom. The molecule has 2 aromatic carbocycles. The summed E-state index contributed by atoms with van der Waals surface area (Å²) in [6, 6.07) is 11.3. The topological polar surface area (TPSA) is 26.0 Å². The minimum absolute atomic E-state index is 0.118. The van der Waals surface area contributed by atoms with Gasteiger partial charge in [-0.1, -0.05) is 38.1 Å². The quantitative estimate of drug-likeness (QED) is 0.891. The minimum Gasteiger partial charge on any atom is -0.327 e. The Morgan fingerprint density at radius 1 is 0.900 bits per heavy atom. The zero-order valence-electron chi connectivity index (χ0n) is 11.7. The van der Waals surface area contributed by atoms with Crippen LogP contribution < -0.4 is 5.73 Å². The fourth-order valence-corrected chi connectivity index (χ4v) is 2.06. The van der Waals surface area contributed by atoms with E-state index in [1.54, 1.807) is 0 Å². The summed E-state index contributed by atoms with van der Waals surface area (Å²) in [7, 11) is 0. The first-order valence-electron chi connectivity index (χ1n) is 6.76. The molecule has 2 aromatic rings. The van der Waals surface area contributed by atoms with E-state index in [-0.39, 0.29) is 6.04 Å². The van der Waals surface area contributed by atoms with Crippen molar-refractivity contribution < 1.29 is 8.78 Å². The minimum atomic E-state index is -0.564. The van der Waals surface area contributed by atoms with Gasteiger partial charge in [-0.3, -0.25) is 0 Å². The van der Waals surface area contributed by atoms with Crippen molar-refractivity contribution in [2.24, 2.45) is 11.7 Å². The molecule has 2 N–H and O–H groups in total. The lowest BCUT2D eigenvalue weighted by atomic mass is 9.96. The highest BCUT2D eigenvalue weighted by Crippen LogP contribution is 2.22. The number of hydrogen-bond donors (Lipinski definition) is 1. The summed E-state index contributed by atoms with van der Waals surface area (Å²) < 4.78 is 26.4. The van der Waals surface area contributed by atoms with Gasteiger partial charge in [0.15, 0.2) is 0 Å². The Hall–Kier alpha value is -1.74. The smallest absolute Gasteiger partial charge is 0.126 e. The van der Waals surface area contributed by atoms with Crippen molar-refractivity contribution in [3.8, 4) is 11.1 Å². The van der Waals surface area contributed by atoms with Crippen LogP contribution in [0.15, 0.2) is 42.5 Å². The standard InChI is InChI=1S/C17H19F2N/c1-11(2)17(20)7-12-3-5-13(6-4-12)14-8-15(18)10-16(19)9-14/h3-6,8-11,17H,7,20H2,1-2H3. The van der Waals surface area contributed by atoms with Gasteiger partial charge in [0.25, 0.3) is 0 Å². The first-order chi connectivity index (χ1) is 9.45. The molecule has 1 unspecified atom stereocenters. The van der Waals surface area contributed by atoms with Gasteiger partial charge in [-0.25, -0.2) is 8.78 Å². The van der Waals surface area contributed by atoms with Gasteiger partial charge in [-0.2, -0.15) is 0 Å². The first kappa shape index (κ1) is 14.7. The second-order valence-electron chi connectivity index (χ2n) is 5.47. The molecule has 0 aromatic heterocycles. The molecular weight excluding hydrogens is 256 g/mol. The first-order valence-corrected chi connectivity index (χ1v) is 6.76. The lowest BCUT2D eigenvalue weighted by molar-refractivity contribution is 0.490. The van der Waals surface area contributed by atoms with Crippen LogP contribution in [-0.2, 0) is 6.42 Å². The Morgan fingerprint density at radius 3 is 1.95 bits per heavy atom. The Bertz CT molecular complexity index is 556. The Kier molecular flexibility index (Phi) is 4.50. The monoisotopic (exact) mass is 275 g/mol. The van der Waals surface area contributed by atoms with Gasteiger partial charge in [0.2, 0.25) is 0 Å². The summed E-state index contributed by atoms with van der Waals surface area (Å²) in [6.07, 6.45) is 0.801. The highest BCUT2D eigenvalue weighted by Gasteiger charge is 2.09. The largest absolute Gasteiger partial charge is 0.327 e. The summed E-state index contributed by atoms with van der Waals surface area (Å²) in [5.41, 5.74) is 8.51. The molecule has 1 atom stereocenters. The van der Waals surface area contributed by atoms with E-state index in [1.165, 1.54) is 12.1 Å².